The van der Waals surface area contributed by atoms with Gasteiger partial charge >= 0.3 is 6.09 Å². The van der Waals surface area contributed by atoms with E-state index in [0.29, 0.717) is 6.42 Å². The fraction of sp³-hybridized carbons (Fsp3) is 0.182. The molecule has 2 heterocycles. The van der Waals surface area contributed by atoms with E-state index in [1.165, 1.54) is 0 Å². The lowest BCUT2D eigenvalue weighted by Crippen LogP contribution is -2.18. The Balaban J connectivity index is 0.000000136. The fourth-order valence-corrected chi connectivity index (χ4v) is 1.48. The average Bonchev–Trinajstić information content (AvgIpc) is 2.83. The number of anilines is 1. The van der Waals surface area contributed by atoms with Crippen LogP contribution in [0, 0.1) is 0 Å². The molecule has 1 fully saturated rings. The Morgan fingerprint density at radius 3 is 2.29 bits per heavy atom. The average molecular weight is 234 g/mol. The first-order valence-corrected chi connectivity index (χ1v) is 4.99. The first kappa shape index (κ1) is 11.1. The quantitative estimate of drug-likeness (QED) is 0.682. The van der Waals surface area contributed by atoms with Gasteiger partial charge in [0.1, 0.15) is 0 Å². The molecular weight excluding hydrogens is 224 g/mol. The predicted molar refractivity (Wildman–Crippen MR) is 58.3 cm³/mol. The van der Waals surface area contributed by atoms with Gasteiger partial charge in [-0.15, -0.1) is 0 Å². The van der Waals surface area contributed by atoms with E-state index < -0.39 is 6.09 Å². The smallest absolute Gasteiger partial charge is 0.414 e. The topological polar surface area (TPSA) is 84.5 Å². The van der Waals surface area contributed by atoms with Crippen molar-refractivity contribution in [2.24, 2.45) is 0 Å². The van der Waals surface area contributed by atoms with Crippen molar-refractivity contribution in [1.29, 1.82) is 0 Å². The first-order chi connectivity index (χ1) is 8.15. The van der Waals surface area contributed by atoms with Crippen LogP contribution in [0.4, 0.5) is 10.5 Å². The molecule has 3 amide bonds. The highest BCUT2D eigenvalue weighted by atomic mass is 16.6. The van der Waals surface area contributed by atoms with Gasteiger partial charge in [-0.2, -0.15) is 0 Å². The molecular formula is C11H10N2O4. The van der Waals surface area contributed by atoms with Gasteiger partial charge in [0.15, 0.2) is 6.61 Å². The number of hydrogen-bond acceptors (Lipinski definition) is 4. The zero-order chi connectivity index (χ0) is 12.3. The summed E-state index contributed by atoms with van der Waals surface area (Å²) in [5, 5.41) is 4.68. The van der Waals surface area contributed by atoms with Crippen LogP contribution in [-0.2, 0) is 20.7 Å². The van der Waals surface area contributed by atoms with E-state index in [9.17, 15) is 14.4 Å². The Kier molecular flexibility index (Phi) is 3.04. The summed E-state index contributed by atoms with van der Waals surface area (Å²) in [5.74, 6) is -0.272. The highest BCUT2D eigenvalue weighted by Crippen LogP contribution is 2.20. The summed E-state index contributed by atoms with van der Waals surface area (Å²) in [4.78, 5) is 30.7. The lowest BCUT2D eigenvalue weighted by molar-refractivity contribution is -0.119. The number of cyclic esters (lactones) is 1. The number of para-hydroxylation sites is 1. The van der Waals surface area contributed by atoms with Crippen LogP contribution in [0.3, 0.4) is 0 Å². The van der Waals surface area contributed by atoms with Crippen molar-refractivity contribution in [3.8, 4) is 0 Å². The molecule has 2 N–H and O–H groups in total. The SMILES string of the molecule is O=C1COC(=O)N1.O=C1Cc2ccccc2N1. The molecule has 0 spiro atoms. The van der Waals surface area contributed by atoms with Gasteiger partial charge in [0.2, 0.25) is 5.91 Å². The molecule has 0 aliphatic carbocycles. The minimum atomic E-state index is -0.648. The van der Waals surface area contributed by atoms with Crippen LogP contribution >= 0.6 is 0 Å². The van der Waals surface area contributed by atoms with E-state index >= 15 is 0 Å². The third kappa shape index (κ3) is 2.81. The third-order valence-electron chi connectivity index (χ3n) is 2.22. The zero-order valence-electron chi connectivity index (χ0n) is 8.86. The van der Waals surface area contributed by atoms with Gasteiger partial charge in [0, 0.05) is 5.69 Å². The predicted octanol–water partition coefficient (Wildman–Crippen LogP) is 0.434. The molecule has 2 aliphatic heterocycles. The standard InChI is InChI=1S/C8H7NO.C3H3NO3/c10-8-5-6-3-1-2-4-7(6)9-8;5-2-1-7-3(6)4-2/h1-4H,5H2,(H,9,10);1H2,(H,4,5,6). The number of benzene rings is 1. The number of amides is 3. The Bertz CT molecular complexity index is 443. The summed E-state index contributed by atoms with van der Waals surface area (Å²) in [6.07, 6.45) is -0.110. The number of ether oxygens (including phenoxy) is 1. The van der Waals surface area contributed by atoms with Gasteiger partial charge in [-0.05, 0) is 11.6 Å². The number of alkyl carbamates (subject to hydrolysis) is 1. The van der Waals surface area contributed by atoms with Crippen molar-refractivity contribution >= 4 is 23.6 Å². The Morgan fingerprint density at radius 2 is 1.76 bits per heavy atom. The highest BCUT2D eigenvalue weighted by molar-refractivity contribution is 5.99. The van der Waals surface area contributed by atoms with Crippen LogP contribution < -0.4 is 10.6 Å². The molecule has 1 saturated heterocycles. The fourth-order valence-electron chi connectivity index (χ4n) is 1.48. The first-order valence-electron chi connectivity index (χ1n) is 4.99. The molecule has 0 saturated carbocycles. The maximum atomic E-state index is 10.8. The summed E-state index contributed by atoms with van der Waals surface area (Å²) in [6, 6.07) is 7.75. The van der Waals surface area contributed by atoms with E-state index in [1.54, 1.807) is 0 Å². The molecule has 0 atom stereocenters. The molecule has 17 heavy (non-hydrogen) atoms. The number of fused-ring (bicyclic) bond motifs is 1. The van der Waals surface area contributed by atoms with Crippen LogP contribution in [0.15, 0.2) is 24.3 Å². The highest BCUT2D eigenvalue weighted by Gasteiger charge is 2.17. The second-order valence-corrected chi connectivity index (χ2v) is 3.51. The summed E-state index contributed by atoms with van der Waals surface area (Å²) in [5.41, 5.74) is 2.07. The van der Waals surface area contributed by atoms with Crippen molar-refractivity contribution in [1.82, 2.24) is 5.32 Å². The molecule has 0 radical (unpaired) electrons. The zero-order valence-corrected chi connectivity index (χ0v) is 8.86. The molecule has 2 aliphatic rings. The molecule has 6 nitrogen and oxygen atoms in total. The van der Waals surface area contributed by atoms with E-state index in [0.717, 1.165) is 11.3 Å². The lowest BCUT2D eigenvalue weighted by Gasteiger charge is -1.93. The van der Waals surface area contributed by atoms with Crippen molar-refractivity contribution in [2.45, 2.75) is 6.42 Å². The maximum absolute atomic E-state index is 10.8. The maximum Gasteiger partial charge on any atom is 0.414 e. The van der Waals surface area contributed by atoms with E-state index in [2.05, 4.69) is 10.1 Å². The van der Waals surface area contributed by atoms with Crippen molar-refractivity contribution in [3.63, 3.8) is 0 Å². The lowest BCUT2D eigenvalue weighted by atomic mass is 10.2. The Morgan fingerprint density at radius 1 is 1.00 bits per heavy atom. The van der Waals surface area contributed by atoms with E-state index in [4.69, 9.17) is 0 Å². The molecule has 0 aromatic heterocycles. The number of nitrogens with one attached hydrogen (secondary N) is 2. The van der Waals surface area contributed by atoms with Gasteiger partial charge in [0.05, 0.1) is 6.42 Å². The number of hydrogen-bond donors (Lipinski definition) is 2. The van der Waals surface area contributed by atoms with Crippen molar-refractivity contribution < 1.29 is 19.1 Å². The van der Waals surface area contributed by atoms with Crippen LogP contribution in [-0.4, -0.2) is 24.5 Å². The minimum Gasteiger partial charge on any atom is -0.439 e. The molecule has 1 aromatic carbocycles. The molecule has 1 aromatic rings. The second-order valence-electron chi connectivity index (χ2n) is 3.51. The summed E-state index contributed by atoms with van der Waals surface area (Å²) in [7, 11) is 0. The number of imide groups is 1. The third-order valence-corrected chi connectivity index (χ3v) is 2.22. The summed E-state index contributed by atoms with van der Waals surface area (Å²) >= 11 is 0. The monoisotopic (exact) mass is 234 g/mol. The number of rotatable bonds is 0. The van der Waals surface area contributed by atoms with Crippen LogP contribution in [0.5, 0.6) is 0 Å². The molecule has 88 valence electrons. The van der Waals surface area contributed by atoms with Gasteiger partial charge in [-0.1, -0.05) is 18.2 Å². The molecule has 0 bridgehead atoms. The van der Waals surface area contributed by atoms with Crippen LogP contribution in [0.25, 0.3) is 0 Å². The van der Waals surface area contributed by atoms with Gasteiger partial charge in [-0.3, -0.25) is 14.9 Å². The van der Waals surface area contributed by atoms with Crippen molar-refractivity contribution in [3.05, 3.63) is 29.8 Å². The minimum absolute atomic E-state index is 0.0983. The van der Waals surface area contributed by atoms with Crippen LogP contribution in [0.2, 0.25) is 0 Å². The van der Waals surface area contributed by atoms with E-state index in [1.807, 2.05) is 29.6 Å². The Hall–Kier alpha value is -2.37. The molecule has 3 rings (SSSR count). The van der Waals surface area contributed by atoms with Gasteiger partial charge < -0.3 is 10.1 Å². The number of carbonyl (C=O) groups is 3. The van der Waals surface area contributed by atoms with Gasteiger partial charge in [-0.25, -0.2) is 4.79 Å². The van der Waals surface area contributed by atoms with Crippen molar-refractivity contribution in [2.75, 3.05) is 11.9 Å². The molecule has 6 heteroatoms. The summed E-state index contributed by atoms with van der Waals surface area (Å²) < 4.78 is 4.17. The van der Waals surface area contributed by atoms with Gasteiger partial charge in [0.25, 0.3) is 5.91 Å². The largest absolute Gasteiger partial charge is 0.439 e. The summed E-state index contributed by atoms with van der Waals surface area (Å²) in [6.45, 7) is -0.126. The second kappa shape index (κ2) is 4.65. The van der Waals surface area contributed by atoms with E-state index in [-0.39, 0.29) is 18.4 Å². The normalized spacial score (nSPS) is 16.4. The Labute approximate surface area is 96.9 Å². The van der Waals surface area contributed by atoms with Crippen LogP contribution in [0.1, 0.15) is 5.56 Å². The molecule has 0 unspecified atom stereocenters. The number of carbonyl (C=O) groups excluding carboxylic acids is 3.